The topological polar surface area (TPSA) is 42.2 Å². The van der Waals surface area contributed by atoms with Crippen molar-refractivity contribution in [1.82, 2.24) is 4.57 Å². The normalized spacial score (nSPS) is 12.7. The predicted molar refractivity (Wildman–Crippen MR) is 58.9 cm³/mol. The van der Waals surface area contributed by atoms with E-state index in [1.54, 1.807) is 28.5 Å². The van der Waals surface area contributed by atoms with Gasteiger partial charge in [0.2, 0.25) is 0 Å². The fourth-order valence-electron chi connectivity index (χ4n) is 1.44. The van der Waals surface area contributed by atoms with Crippen LogP contribution < -0.4 is 0 Å². The van der Waals surface area contributed by atoms with Gasteiger partial charge in [-0.1, -0.05) is 6.92 Å². The van der Waals surface area contributed by atoms with Crippen LogP contribution in [0.5, 0.6) is 0 Å². The summed E-state index contributed by atoms with van der Waals surface area (Å²) < 4.78 is 1.79. The first-order chi connectivity index (χ1) is 6.65. The predicted octanol–water partition coefficient (Wildman–Crippen LogP) is 2.19. The van der Waals surface area contributed by atoms with E-state index in [2.05, 4.69) is 13.2 Å². The van der Waals surface area contributed by atoms with Crippen LogP contribution in [-0.4, -0.2) is 27.7 Å². The van der Waals surface area contributed by atoms with Crippen LogP contribution in [0.4, 0.5) is 0 Å². The molecule has 78 valence electrons. The largest absolute Gasteiger partial charge is 0.477 e. The van der Waals surface area contributed by atoms with Gasteiger partial charge in [-0.2, -0.15) is 11.8 Å². The second kappa shape index (κ2) is 5.10. The summed E-state index contributed by atoms with van der Waals surface area (Å²) in [5.74, 6) is 0.693. The van der Waals surface area contributed by atoms with Gasteiger partial charge < -0.3 is 9.67 Å². The Bertz CT molecular complexity index is 309. The molecule has 4 heteroatoms. The van der Waals surface area contributed by atoms with Gasteiger partial charge in [-0.05, 0) is 30.1 Å². The van der Waals surface area contributed by atoms with Crippen molar-refractivity contribution in [2.24, 2.45) is 5.92 Å². The van der Waals surface area contributed by atoms with Crippen molar-refractivity contribution < 1.29 is 9.90 Å². The number of hydrogen-bond acceptors (Lipinski definition) is 2. The molecular weight excluding hydrogens is 198 g/mol. The molecule has 0 aromatic carbocycles. The molecule has 1 rings (SSSR count). The molecule has 0 amide bonds. The van der Waals surface area contributed by atoms with E-state index in [-0.39, 0.29) is 0 Å². The fourth-order valence-corrected chi connectivity index (χ4v) is 2.11. The van der Waals surface area contributed by atoms with Crippen LogP contribution in [0, 0.1) is 5.92 Å². The van der Waals surface area contributed by atoms with Crippen molar-refractivity contribution in [3.63, 3.8) is 0 Å². The molecule has 0 aliphatic heterocycles. The SMILES string of the molecule is CSCC(C)Cn1cccc1C(=O)O. The Balaban J connectivity index is 2.66. The second-order valence-corrected chi connectivity index (χ2v) is 4.32. The molecule has 1 atom stereocenters. The molecule has 1 aromatic rings. The average molecular weight is 213 g/mol. The van der Waals surface area contributed by atoms with E-state index in [9.17, 15) is 4.79 Å². The maximum Gasteiger partial charge on any atom is 0.352 e. The third-order valence-corrected chi connectivity index (χ3v) is 2.91. The van der Waals surface area contributed by atoms with E-state index in [0.717, 1.165) is 12.3 Å². The highest BCUT2D eigenvalue weighted by Crippen LogP contribution is 2.10. The maximum atomic E-state index is 10.8. The van der Waals surface area contributed by atoms with E-state index in [1.165, 1.54) is 0 Å². The Kier molecular flexibility index (Phi) is 4.07. The van der Waals surface area contributed by atoms with Crippen LogP contribution in [0.3, 0.4) is 0 Å². The summed E-state index contributed by atoms with van der Waals surface area (Å²) >= 11 is 1.79. The van der Waals surface area contributed by atoms with Gasteiger partial charge in [-0.15, -0.1) is 0 Å². The zero-order chi connectivity index (χ0) is 10.6. The highest BCUT2D eigenvalue weighted by Gasteiger charge is 2.10. The lowest BCUT2D eigenvalue weighted by Crippen LogP contribution is -2.14. The maximum absolute atomic E-state index is 10.8. The fraction of sp³-hybridized carbons (Fsp3) is 0.500. The average Bonchev–Trinajstić information content (AvgIpc) is 2.52. The van der Waals surface area contributed by atoms with Gasteiger partial charge in [-0.25, -0.2) is 4.79 Å². The number of aromatic nitrogens is 1. The first-order valence-electron chi connectivity index (χ1n) is 4.52. The summed E-state index contributed by atoms with van der Waals surface area (Å²) in [6.07, 6.45) is 3.88. The number of hydrogen-bond donors (Lipinski definition) is 1. The van der Waals surface area contributed by atoms with Crippen LogP contribution >= 0.6 is 11.8 Å². The smallest absolute Gasteiger partial charge is 0.352 e. The minimum Gasteiger partial charge on any atom is -0.477 e. The Morgan fingerprint density at radius 3 is 3.00 bits per heavy atom. The molecule has 1 unspecified atom stereocenters. The number of carboxylic acids is 1. The van der Waals surface area contributed by atoms with E-state index >= 15 is 0 Å². The molecule has 0 bridgehead atoms. The standard InChI is InChI=1S/C10H15NO2S/c1-8(7-14-2)6-11-5-3-4-9(11)10(12)13/h3-5,8H,6-7H2,1-2H3,(H,12,13). The zero-order valence-electron chi connectivity index (χ0n) is 8.43. The van der Waals surface area contributed by atoms with Crippen LogP contribution in [-0.2, 0) is 6.54 Å². The molecule has 0 spiro atoms. The van der Waals surface area contributed by atoms with Gasteiger partial charge in [0.15, 0.2) is 0 Å². The number of thioether (sulfide) groups is 1. The molecule has 1 aromatic heterocycles. The Hall–Kier alpha value is -0.900. The lowest BCUT2D eigenvalue weighted by molar-refractivity contribution is 0.0684. The molecule has 0 fully saturated rings. The van der Waals surface area contributed by atoms with Crippen molar-refractivity contribution in [1.29, 1.82) is 0 Å². The van der Waals surface area contributed by atoms with Gasteiger partial charge in [-0.3, -0.25) is 0 Å². The number of nitrogens with zero attached hydrogens (tertiary/aromatic N) is 1. The van der Waals surface area contributed by atoms with Crippen molar-refractivity contribution in [3.8, 4) is 0 Å². The van der Waals surface area contributed by atoms with Crippen LogP contribution in [0.1, 0.15) is 17.4 Å². The number of rotatable bonds is 5. The van der Waals surface area contributed by atoms with Gasteiger partial charge >= 0.3 is 5.97 Å². The van der Waals surface area contributed by atoms with E-state index in [4.69, 9.17) is 5.11 Å². The summed E-state index contributed by atoms with van der Waals surface area (Å²) in [4.78, 5) is 10.8. The Morgan fingerprint density at radius 1 is 1.71 bits per heavy atom. The monoisotopic (exact) mass is 213 g/mol. The molecule has 0 aliphatic carbocycles. The lowest BCUT2D eigenvalue weighted by atomic mass is 10.2. The number of aromatic carboxylic acids is 1. The first kappa shape index (κ1) is 11.2. The highest BCUT2D eigenvalue weighted by molar-refractivity contribution is 7.98. The molecule has 14 heavy (non-hydrogen) atoms. The summed E-state index contributed by atoms with van der Waals surface area (Å²) in [5.41, 5.74) is 0.373. The third-order valence-electron chi connectivity index (χ3n) is 2.01. The molecule has 0 aliphatic rings. The molecule has 1 heterocycles. The van der Waals surface area contributed by atoms with Gasteiger partial charge in [0.05, 0.1) is 0 Å². The molecule has 3 nitrogen and oxygen atoms in total. The van der Waals surface area contributed by atoms with E-state index in [0.29, 0.717) is 11.6 Å². The van der Waals surface area contributed by atoms with Gasteiger partial charge in [0, 0.05) is 12.7 Å². The van der Waals surface area contributed by atoms with E-state index < -0.39 is 5.97 Å². The zero-order valence-corrected chi connectivity index (χ0v) is 9.25. The lowest BCUT2D eigenvalue weighted by Gasteiger charge is -2.12. The molecule has 0 saturated heterocycles. The first-order valence-corrected chi connectivity index (χ1v) is 5.92. The third kappa shape index (κ3) is 2.80. The number of carbonyl (C=O) groups is 1. The Labute approximate surface area is 88.1 Å². The quantitative estimate of drug-likeness (QED) is 0.815. The Morgan fingerprint density at radius 2 is 2.43 bits per heavy atom. The van der Waals surface area contributed by atoms with Crippen molar-refractivity contribution in [2.75, 3.05) is 12.0 Å². The van der Waals surface area contributed by atoms with Crippen molar-refractivity contribution in [3.05, 3.63) is 24.0 Å². The molecule has 0 saturated carbocycles. The summed E-state index contributed by atoms with van der Waals surface area (Å²) in [6.45, 7) is 2.90. The molecule has 0 radical (unpaired) electrons. The van der Waals surface area contributed by atoms with Gasteiger partial charge in [0.25, 0.3) is 0 Å². The number of carboxylic acid groups (broad SMARTS) is 1. The van der Waals surface area contributed by atoms with Crippen LogP contribution in [0.15, 0.2) is 18.3 Å². The summed E-state index contributed by atoms with van der Waals surface area (Å²) in [5, 5.41) is 8.87. The second-order valence-electron chi connectivity index (χ2n) is 3.41. The molecular formula is C10H15NO2S. The summed E-state index contributed by atoms with van der Waals surface area (Å²) in [7, 11) is 0. The van der Waals surface area contributed by atoms with Gasteiger partial charge in [0.1, 0.15) is 5.69 Å². The van der Waals surface area contributed by atoms with Crippen LogP contribution in [0.25, 0.3) is 0 Å². The minimum atomic E-state index is -0.855. The molecule has 1 N–H and O–H groups in total. The highest BCUT2D eigenvalue weighted by atomic mass is 32.2. The van der Waals surface area contributed by atoms with Crippen molar-refractivity contribution in [2.45, 2.75) is 13.5 Å². The van der Waals surface area contributed by atoms with E-state index in [1.807, 2.05) is 6.20 Å². The van der Waals surface area contributed by atoms with Crippen LogP contribution in [0.2, 0.25) is 0 Å². The van der Waals surface area contributed by atoms with Crippen molar-refractivity contribution >= 4 is 17.7 Å². The minimum absolute atomic E-state index is 0.373. The summed E-state index contributed by atoms with van der Waals surface area (Å²) in [6, 6.07) is 3.41.